The molecule has 0 saturated heterocycles. The predicted molar refractivity (Wildman–Crippen MR) is 118 cm³/mol. The number of hydrogen-bond donors (Lipinski definition) is 1. The van der Waals surface area contributed by atoms with Gasteiger partial charge in [0.25, 0.3) is 5.91 Å². The van der Waals surface area contributed by atoms with E-state index in [2.05, 4.69) is 60.6 Å². The van der Waals surface area contributed by atoms with Crippen LogP contribution in [0.4, 0.5) is 0 Å². The second-order valence-corrected chi connectivity index (χ2v) is 8.68. The van der Waals surface area contributed by atoms with Gasteiger partial charge in [0.1, 0.15) is 0 Å². The summed E-state index contributed by atoms with van der Waals surface area (Å²) in [7, 11) is 1.96. The first-order valence-corrected chi connectivity index (χ1v) is 10.8. The van der Waals surface area contributed by atoms with Crippen LogP contribution in [0, 0.1) is 19.8 Å². The standard InChI is InChI=1S/C23H28N4OS/c1-15(2)20(24-22(28)19-8-6-7-17(4)13-19)21-25-26-23(27(21)5)29-14-18-11-9-16(3)10-12-18/h6-13,15,20H,14H2,1-5H3,(H,24,28)/t20-/m1/s1. The molecule has 0 aliphatic heterocycles. The average molecular weight is 409 g/mol. The zero-order chi connectivity index (χ0) is 21.0. The molecule has 29 heavy (non-hydrogen) atoms. The van der Waals surface area contributed by atoms with E-state index in [4.69, 9.17) is 0 Å². The Hall–Kier alpha value is -2.60. The molecule has 3 rings (SSSR count). The van der Waals surface area contributed by atoms with Gasteiger partial charge >= 0.3 is 0 Å². The summed E-state index contributed by atoms with van der Waals surface area (Å²) in [5, 5.41) is 12.8. The van der Waals surface area contributed by atoms with Gasteiger partial charge in [0.05, 0.1) is 6.04 Å². The third kappa shape index (κ3) is 5.26. The number of carbonyl (C=O) groups excluding carboxylic acids is 1. The number of amides is 1. The molecule has 6 heteroatoms. The van der Waals surface area contributed by atoms with Gasteiger partial charge in [0.2, 0.25) is 0 Å². The molecule has 0 aliphatic rings. The molecule has 0 unspecified atom stereocenters. The van der Waals surface area contributed by atoms with Gasteiger partial charge in [-0.25, -0.2) is 0 Å². The molecule has 0 bridgehead atoms. The van der Waals surface area contributed by atoms with E-state index in [1.807, 2.05) is 42.8 Å². The molecule has 1 N–H and O–H groups in total. The van der Waals surface area contributed by atoms with Gasteiger partial charge in [-0.3, -0.25) is 4.79 Å². The molecule has 0 saturated carbocycles. The van der Waals surface area contributed by atoms with E-state index in [-0.39, 0.29) is 17.9 Å². The van der Waals surface area contributed by atoms with Crippen molar-refractivity contribution in [2.24, 2.45) is 13.0 Å². The fourth-order valence-electron chi connectivity index (χ4n) is 3.10. The Balaban J connectivity index is 1.74. The van der Waals surface area contributed by atoms with E-state index in [1.54, 1.807) is 11.8 Å². The van der Waals surface area contributed by atoms with Crippen LogP contribution in [0.3, 0.4) is 0 Å². The maximum Gasteiger partial charge on any atom is 0.251 e. The fourth-order valence-corrected chi connectivity index (χ4v) is 3.97. The summed E-state index contributed by atoms with van der Waals surface area (Å²) in [6, 6.07) is 15.9. The Bertz CT molecular complexity index is 979. The number of carbonyl (C=O) groups is 1. The lowest BCUT2D eigenvalue weighted by Gasteiger charge is -2.22. The highest BCUT2D eigenvalue weighted by Crippen LogP contribution is 2.26. The van der Waals surface area contributed by atoms with E-state index in [0.29, 0.717) is 5.56 Å². The summed E-state index contributed by atoms with van der Waals surface area (Å²) in [6.45, 7) is 8.23. The number of aromatic nitrogens is 3. The second kappa shape index (κ2) is 9.27. The van der Waals surface area contributed by atoms with Crippen molar-refractivity contribution in [3.05, 3.63) is 76.6 Å². The Morgan fingerprint density at radius 2 is 1.79 bits per heavy atom. The van der Waals surface area contributed by atoms with Gasteiger partial charge in [0, 0.05) is 18.4 Å². The molecule has 0 radical (unpaired) electrons. The van der Waals surface area contributed by atoms with Crippen LogP contribution >= 0.6 is 11.8 Å². The highest BCUT2D eigenvalue weighted by molar-refractivity contribution is 7.98. The molecule has 5 nitrogen and oxygen atoms in total. The van der Waals surface area contributed by atoms with Crippen LogP contribution in [0.2, 0.25) is 0 Å². The van der Waals surface area contributed by atoms with Crippen LogP contribution < -0.4 is 5.32 Å². The van der Waals surface area contributed by atoms with Gasteiger partial charge in [-0.2, -0.15) is 0 Å². The molecule has 0 fully saturated rings. The summed E-state index contributed by atoms with van der Waals surface area (Å²) in [5.74, 6) is 1.69. The van der Waals surface area contributed by atoms with Crippen molar-refractivity contribution in [1.29, 1.82) is 0 Å². The van der Waals surface area contributed by atoms with Crippen LogP contribution in [-0.2, 0) is 12.8 Å². The minimum absolute atomic E-state index is 0.0933. The van der Waals surface area contributed by atoms with Crippen LogP contribution in [-0.4, -0.2) is 20.7 Å². The van der Waals surface area contributed by atoms with E-state index in [0.717, 1.165) is 22.3 Å². The summed E-state index contributed by atoms with van der Waals surface area (Å²) in [6.07, 6.45) is 0. The minimum Gasteiger partial charge on any atom is -0.342 e. The lowest BCUT2D eigenvalue weighted by Crippen LogP contribution is -2.33. The summed E-state index contributed by atoms with van der Waals surface area (Å²) in [4.78, 5) is 12.8. The normalized spacial score (nSPS) is 12.2. The highest BCUT2D eigenvalue weighted by atomic mass is 32.2. The van der Waals surface area contributed by atoms with E-state index >= 15 is 0 Å². The van der Waals surface area contributed by atoms with Crippen LogP contribution in [0.15, 0.2) is 53.7 Å². The first kappa shape index (κ1) is 21.1. The molecular formula is C23H28N4OS. The maximum absolute atomic E-state index is 12.8. The number of hydrogen-bond acceptors (Lipinski definition) is 4. The monoisotopic (exact) mass is 408 g/mol. The molecule has 0 aliphatic carbocycles. The predicted octanol–water partition coefficient (Wildman–Crippen LogP) is 4.85. The van der Waals surface area contributed by atoms with Crippen molar-refractivity contribution in [3.63, 3.8) is 0 Å². The Morgan fingerprint density at radius 3 is 2.45 bits per heavy atom. The first-order chi connectivity index (χ1) is 13.8. The van der Waals surface area contributed by atoms with E-state index in [9.17, 15) is 4.79 Å². The number of rotatable bonds is 7. The molecule has 0 spiro atoms. The van der Waals surface area contributed by atoms with Gasteiger partial charge in [-0.15, -0.1) is 10.2 Å². The molecule has 2 aromatic carbocycles. The van der Waals surface area contributed by atoms with Crippen LogP contribution in [0.1, 0.15) is 52.8 Å². The fraction of sp³-hybridized carbons (Fsp3) is 0.348. The number of aryl methyl sites for hydroxylation is 2. The Kier molecular flexibility index (Phi) is 6.75. The second-order valence-electron chi connectivity index (χ2n) is 7.74. The van der Waals surface area contributed by atoms with Crippen molar-refractivity contribution >= 4 is 17.7 Å². The Morgan fingerprint density at radius 1 is 1.07 bits per heavy atom. The van der Waals surface area contributed by atoms with Crippen molar-refractivity contribution in [2.75, 3.05) is 0 Å². The smallest absolute Gasteiger partial charge is 0.251 e. The lowest BCUT2D eigenvalue weighted by atomic mass is 10.0. The van der Waals surface area contributed by atoms with Gasteiger partial charge < -0.3 is 9.88 Å². The van der Waals surface area contributed by atoms with Gasteiger partial charge in [-0.1, -0.05) is 73.1 Å². The summed E-state index contributed by atoms with van der Waals surface area (Å²) >= 11 is 1.65. The van der Waals surface area contributed by atoms with Crippen LogP contribution in [0.25, 0.3) is 0 Å². The lowest BCUT2D eigenvalue weighted by molar-refractivity contribution is 0.0922. The number of thioether (sulfide) groups is 1. The topological polar surface area (TPSA) is 59.8 Å². The van der Waals surface area contributed by atoms with Crippen LogP contribution in [0.5, 0.6) is 0 Å². The average Bonchev–Trinajstić information content (AvgIpc) is 3.05. The SMILES string of the molecule is Cc1ccc(CSc2nnc([C@H](NC(=O)c3cccc(C)c3)C(C)C)n2C)cc1. The third-order valence-corrected chi connectivity index (χ3v) is 5.96. The number of benzene rings is 2. The molecule has 1 atom stereocenters. The largest absolute Gasteiger partial charge is 0.342 e. The van der Waals surface area contributed by atoms with Crippen molar-refractivity contribution < 1.29 is 4.79 Å². The quantitative estimate of drug-likeness (QED) is 0.568. The molecule has 3 aromatic rings. The van der Waals surface area contributed by atoms with Gasteiger partial charge in [0.15, 0.2) is 11.0 Å². The number of nitrogens with zero attached hydrogens (tertiary/aromatic N) is 3. The molecule has 152 valence electrons. The van der Waals surface area contributed by atoms with Crippen molar-refractivity contribution in [3.8, 4) is 0 Å². The third-order valence-electron chi connectivity index (χ3n) is 4.87. The molecular weight excluding hydrogens is 380 g/mol. The van der Waals surface area contributed by atoms with E-state index in [1.165, 1.54) is 11.1 Å². The first-order valence-electron chi connectivity index (χ1n) is 9.80. The maximum atomic E-state index is 12.8. The summed E-state index contributed by atoms with van der Waals surface area (Å²) < 4.78 is 1.99. The number of nitrogens with one attached hydrogen (secondary N) is 1. The van der Waals surface area contributed by atoms with Crippen molar-refractivity contribution in [1.82, 2.24) is 20.1 Å². The summed E-state index contributed by atoms with van der Waals surface area (Å²) in [5.41, 5.74) is 4.22. The van der Waals surface area contributed by atoms with Gasteiger partial charge in [-0.05, 0) is 37.5 Å². The molecule has 1 heterocycles. The van der Waals surface area contributed by atoms with Crippen molar-refractivity contribution in [2.45, 2.75) is 44.6 Å². The molecule has 1 aromatic heterocycles. The zero-order valence-electron chi connectivity index (χ0n) is 17.6. The zero-order valence-corrected chi connectivity index (χ0v) is 18.5. The van der Waals surface area contributed by atoms with E-state index < -0.39 is 0 Å². The Labute approximate surface area is 176 Å². The molecule has 1 amide bonds. The highest BCUT2D eigenvalue weighted by Gasteiger charge is 2.25. The minimum atomic E-state index is -0.214.